The van der Waals surface area contributed by atoms with E-state index in [4.69, 9.17) is 10.7 Å². The minimum Gasteiger partial charge on any atom is -0.382 e. The molecule has 0 spiro atoms. The highest BCUT2D eigenvalue weighted by atomic mass is 16.2. The summed E-state index contributed by atoms with van der Waals surface area (Å²) in [5.74, 6) is 0.417. The summed E-state index contributed by atoms with van der Waals surface area (Å²) in [7, 11) is 0. The number of H-pyrrole nitrogens is 1. The summed E-state index contributed by atoms with van der Waals surface area (Å²) in [4.78, 5) is 16.9. The van der Waals surface area contributed by atoms with Gasteiger partial charge in [-0.2, -0.15) is 5.10 Å². The van der Waals surface area contributed by atoms with Gasteiger partial charge >= 0.3 is 6.03 Å². The Morgan fingerprint density at radius 3 is 2.45 bits per heavy atom. The average molecular weight is 415 g/mol. The van der Waals surface area contributed by atoms with Crippen molar-refractivity contribution in [2.75, 3.05) is 11.1 Å². The molecular formula is C24H26N6O. The van der Waals surface area contributed by atoms with Gasteiger partial charge in [0.15, 0.2) is 11.5 Å². The summed E-state index contributed by atoms with van der Waals surface area (Å²) in [6.45, 7) is 6.82. The number of pyridine rings is 1. The number of hydrogen-bond donors (Lipinski definition) is 4. The summed E-state index contributed by atoms with van der Waals surface area (Å²) in [5, 5.41) is 13.6. The van der Waals surface area contributed by atoms with Gasteiger partial charge in [0.1, 0.15) is 0 Å². The van der Waals surface area contributed by atoms with E-state index in [-0.39, 0.29) is 11.4 Å². The monoisotopic (exact) mass is 414 g/mol. The van der Waals surface area contributed by atoms with E-state index >= 15 is 0 Å². The lowest BCUT2D eigenvalue weighted by Crippen LogP contribution is -2.28. The fourth-order valence-corrected chi connectivity index (χ4v) is 3.35. The first-order valence-corrected chi connectivity index (χ1v) is 10.2. The number of benzene rings is 2. The number of nitrogens with two attached hydrogens (primary N) is 1. The fraction of sp³-hybridized carbons (Fsp3) is 0.208. The van der Waals surface area contributed by atoms with E-state index in [0.29, 0.717) is 23.7 Å². The Morgan fingerprint density at radius 1 is 1.06 bits per heavy atom. The number of fused-ring (bicyclic) bond motifs is 1. The number of nitrogen functional groups attached to an aromatic ring is 1. The van der Waals surface area contributed by atoms with Crippen LogP contribution in [0.5, 0.6) is 0 Å². The first-order valence-electron chi connectivity index (χ1n) is 10.2. The second kappa shape index (κ2) is 8.10. The van der Waals surface area contributed by atoms with Crippen molar-refractivity contribution >= 4 is 28.6 Å². The highest BCUT2D eigenvalue weighted by Crippen LogP contribution is 2.34. The van der Waals surface area contributed by atoms with Crippen LogP contribution >= 0.6 is 0 Å². The summed E-state index contributed by atoms with van der Waals surface area (Å²) in [6, 6.07) is 19.2. The number of nitrogens with zero attached hydrogens (tertiary/aromatic N) is 2. The Kier molecular flexibility index (Phi) is 5.33. The van der Waals surface area contributed by atoms with Gasteiger partial charge in [-0.15, -0.1) is 0 Å². The molecule has 4 rings (SSSR count). The van der Waals surface area contributed by atoms with Crippen LogP contribution in [-0.4, -0.2) is 21.2 Å². The van der Waals surface area contributed by atoms with Crippen molar-refractivity contribution in [1.29, 1.82) is 0 Å². The van der Waals surface area contributed by atoms with Crippen LogP contribution in [-0.2, 0) is 12.0 Å². The molecule has 0 saturated carbocycles. The second-order valence-corrected chi connectivity index (χ2v) is 8.51. The third kappa shape index (κ3) is 4.50. The molecule has 2 aromatic carbocycles. The van der Waals surface area contributed by atoms with Gasteiger partial charge in [-0.25, -0.2) is 9.78 Å². The van der Waals surface area contributed by atoms with Crippen molar-refractivity contribution in [2.45, 2.75) is 32.7 Å². The maximum Gasteiger partial charge on any atom is 0.319 e. The molecule has 158 valence electrons. The summed E-state index contributed by atoms with van der Waals surface area (Å²) in [6.07, 6.45) is 0. The molecule has 0 fully saturated rings. The number of carbonyl (C=O) groups excluding carboxylic acids is 1. The molecule has 0 radical (unpaired) electrons. The zero-order valence-corrected chi connectivity index (χ0v) is 17.9. The highest BCUT2D eigenvalue weighted by molar-refractivity contribution is 6.00. The van der Waals surface area contributed by atoms with Gasteiger partial charge in [0, 0.05) is 23.3 Å². The third-order valence-corrected chi connectivity index (χ3v) is 5.08. The van der Waals surface area contributed by atoms with E-state index in [1.54, 1.807) is 0 Å². The molecule has 5 N–H and O–H groups in total. The number of carbonyl (C=O) groups is 1. The minimum absolute atomic E-state index is 0.124. The summed E-state index contributed by atoms with van der Waals surface area (Å²) < 4.78 is 0. The molecular weight excluding hydrogens is 388 g/mol. The van der Waals surface area contributed by atoms with E-state index in [1.807, 2.05) is 54.6 Å². The molecule has 0 atom stereocenters. The number of hydrogen-bond acceptors (Lipinski definition) is 4. The smallest absolute Gasteiger partial charge is 0.319 e. The van der Waals surface area contributed by atoms with E-state index < -0.39 is 0 Å². The number of aromatic nitrogens is 3. The second-order valence-electron chi connectivity index (χ2n) is 8.51. The predicted molar refractivity (Wildman–Crippen MR) is 125 cm³/mol. The molecule has 2 heterocycles. The standard InChI is InChI=1S/C24H26N6O/c1-24(2,3)19-13-18(20-21(25)29-30-22(20)28-19)16-9-11-17(12-10-16)27-23(31)26-14-15-7-5-4-6-8-15/h4-13H,14H2,1-3H3,(H2,26,27,31)(H3,25,28,29,30). The Morgan fingerprint density at radius 2 is 1.77 bits per heavy atom. The number of nitrogens with one attached hydrogen (secondary N) is 3. The van der Waals surface area contributed by atoms with Crippen molar-refractivity contribution in [3.8, 4) is 11.1 Å². The Hall–Kier alpha value is -3.87. The molecule has 4 aromatic rings. The van der Waals surface area contributed by atoms with E-state index in [9.17, 15) is 4.79 Å². The van der Waals surface area contributed by atoms with Crippen molar-refractivity contribution in [3.63, 3.8) is 0 Å². The first-order chi connectivity index (χ1) is 14.8. The predicted octanol–water partition coefficient (Wildman–Crippen LogP) is 4.83. The zero-order chi connectivity index (χ0) is 22.0. The molecule has 0 aliphatic heterocycles. The molecule has 0 aliphatic carbocycles. The first kappa shape index (κ1) is 20.4. The zero-order valence-electron chi connectivity index (χ0n) is 17.9. The van der Waals surface area contributed by atoms with E-state index in [0.717, 1.165) is 27.8 Å². The molecule has 7 nitrogen and oxygen atoms in total. The quantitative estimate of drug-likeness (QED) is 0.384. The number of urea groups is 1. The topological polar surface area (TPSA) is 109 Å². The molecule has 31 heavy (non-hydrogen) atoms. The van der Waals surface area contributed by atoms with Gasteiger partial charge in [-0.3, -0.25) is 5.10 Å². The van der Waals surface area contributed by atoms with Crippen molar-refractivity contribution in [1.82, 2.24) is 20.5 Å². The third-order valence-electron chi connectivity index (χ3n) is 5.08. The molecule has 0 saturated heterocycles. The van der Waals surface area contributed by atoms with E-state index in [1.165, 1.54) is 0 Å². The molecule has 7 heteroatoms. The van der Waals surface area contributed by atoms with Crippen LogP contribution in [0.1, 0.15) is 32.0 Å². The van der Waals surface area contributed by atoms with Crippen LogP contribution in [0.15, 0.2) is 60.7 Å². The Balaban J connectivity index is 1.55. The van der Waals surface area contributed by atoms with Gasteiger partial charge in [0.2, 0.25) is 0 Å². The Bertz CT molecular complexity index is 1210. The van der Waals surface area contributed by atoms with Crippen LogP contribution in [0.25, 0.3) is 22.2 Å². The maximum atomic E-state index is 12.2. The number of amides is 2. The minimum atomic E-state index is -0.253. The maximum absolute atomic E-state index is 12.2. The summed E-state index contributed by atoms with van der Waals surface area (Å²) >= 11 is 0. The van der Waals surface area contributed by atoms with Gasteiger partial charge in [-0.05, 0) is 34.9 Å². The number of aromatic amines is 1. The lowest BCUT2D eigenvalue weighted by molar-refractivity contribution is 0.251. The molecule has 2 amide bonds. The van der Waals surface area contributed by atoms with Crippen molar-refractivity contribution in [2.24, 2.45) is 0 Å². The van der Waals surface area contributed by atoms with Crippen LogP contribution in [0.3, 0.4) is 0 Å². The van der Waals surface area contributed by atoms with Gasteiger partial charge in [-0.1, -0.05) is 63.2 Å². The van der Waals surface area contributed by atoms with Gasteiger partial charge in [0.05, 0.1) is 5.39 Å². The van der Waals surface area contributed by atoms with E-state index in [2.05, 4.69) is 47.7 Å². The molecule has 2 aromatic heterocycles. The molecule has 0 aliphatic rings. The van der Waals surface area contributed by atoms with Crippen molar-refractivity contribution < 1.29 is 4.79 Å². The number of rotatable bonds is 4. The molecule has 0 bridgehead atoms. The van der Waals surface area contributed by atoms with Crippen LogP contribution < -0.4 is 16.4 Å². The normalized spacial score (nSPS) is 11.5. The fourth-order valence-electron chi connectivity index (χ4n) is 3.35. The molecule has 0 unspecified atom stereocenters. The summed E-state index contributed by atoms with van der Waals surface area (Å²) in [5.41, 5.74) is 11.3. The SMILES string of the molecule is CC(C)(C)c1cc(-c2ccc(NC(=O)NCc3ccccc3)cc2)c2c(N)n[nH]c2n1. The van der Waals surface area contributed by atoms with Gasteiger partial charge in [0.25, 0.3) is 0 Å². The van der Waals surface area contributed by atoms with Crippen LogP contribution in [0, 0.1) is 0 Å². The van der Waals surface area contributed by atoms with Crippen LogP contribution in [0.2, 0.25) is 0 Å². The van der Waals surface area contributed by atoms with Crippen molar-refractivity contribution in [3.05, 3.63) is 71.9 Å². The largest absolute Gasteiger partial charge is 0.382 e. The Labute approximate surface area is 181 Å². The highest BCUT2D eigenvalue weighted by Gasteiger charge is 2.20. The average Bonchev–Trinajstić information content (AvgIpc) is 3.13. The number of anilines is 2. The van der Waals surface area contributed by atoms with Gasteiger partial charge < -0.3 is 16.4 Å². The lowest BCUT2D eigenvalue weighted by Gasteiger charge is -2.19. The van der Waals surface area contributed by atoms with Crippen LogP contribution in [0.4, 0.5) is 16.3 Å². The lowest BCUT2D eigenvalue weighted by atomic mass is 9.89.